The molecule has 0 heterocycles. The Hall–Kier alpha value is -2.08. The number of hydrogen-bond acceptors (Lipinski definition) is 4. The molecule has 1 aliphatic carbocycles. The van der Waals surface area contributed by atoms with Crippen molar-refractivity contribution >= 4 is 11.9 Å². The smallest absolute Gasteiger partial charge is 0.321 e. The zero-order valence-corrected chi connectivity index (χ0v) is 15.4. The second-order valence-electron chi connectivity index (χ2n) is 6.74. The summed E-state index contributed by atoms with van der Waals surface area (Å²) < 4.78 is 5.26. The number of hydrogen-bond donors (Lipinski definition) is 3. The maximum absolute atomic E-state index is 12.1. The van der Waals surface area contributed by atoms with E-state index in [0.717, 1.165) is 18.6 Å². The summed E-state index contributed by atoms with van der Waals surface area (Å²) in [6, 6.07) is 7.32. The molecule has 1 aromatic rings. The molecule has 1 atom stereocenters. The van der Waals surface area contributed by atoms with Crippen molar-refractivity contribution in [3.8, 4) is 5.75 Å². The third-order valence-corrected chi connectivity index (χ3v) is 5.12. The summed E-state index contributed by atoms with van der Waals surface area (Å²) in [5.41, 5.74) is 1.30. The predicted molar refractivity (Wildman–Crippen MR) is 97.8 cm³/mol. The summed E-state index contributed by atoms with van der Waals surface area (Å²) in [6.07, 6.45) is 5.82. The molecule has 1 aliphatic rings. The maximum atomic E-state index is 12.1. The molecule has 1 saturated carbocycles. The van der Waals surface area contributed by atoms with E-state index in [1.54, 1.807) is 14.0 Å². The molecule has 2 rings (SSSR count). The van der Waals surface area contributed by atoms with E-state index in [4.69, 9.17) is 4.74 Å². The Balaban J connectivity index is 2.06. The number of urea groups is 1. The number of methoxy groups -OCH3 is 1. The van der Waals surface area contributed by atoms with Gasteiger partial charge in [-0.3, -0.25) is 10.1 Å². The van der Waals surface area contributed by atoms with E-state index in [1.807, 2.05) is 12.1 Å². The number of carbonyl (C=O) groups is 2. The van der Waals surface area contributed by atoms with Gasteiger partial charge in [0.25, 0.3) is 0 Å². The first-order valence-corrected chi connectivity index (χ1v) is 8.91. The zero-order chi connectivity index (χ0) is 18.3. The molecule has 25 heavy (non-hydrogen) atoms. The standard InChI is InChI=1S/C19H29N3O3/c1-14(17(23)22-18(24)20-2)21-13-19(11-5-4-6-12-19)15-7-9-16(25-3)10-8-15/h7-10,14,21H,4-6,11-13H2,1-3H3,(H2,20,22,23,24). The van der Waals surface area contributed by atoms with Gasteiger partial charge in [0.2, 0.25) is 5.91 Å². The maximum Gasteiger partial charge on any atom is 0.321 e. The lowest BCUT2D eigenvalue weighted by molar-refractivity contribution is -0.121. The summed E-state index contributed by atoms with van der Waals surface area (Å²) in [5, 5.41) is 8.03. The summed E-state index contributed by atoms with van der Waals surface area (Å²) >= 11 is 0. The van der Waals surface area contributed by atoms with E-state index in [2.05, 4.69) is 28.1 Å². The first-order chi connectivity index (χ1) is 12.0. The molecule has 1 unspecified atom stereocenters. The molecule has 6 heteroatoms. The van der Waals surface area contributed by atoms with E-state index in [-0.39, 0.29) is 11.3 Å². The minimum atomic E-state index is -0.485. The van der Waals surface area contributed by atoms with Crippen molar-refractivity contribution in [3.63, 3.8) is 0 Å². The fourth-order valence-electron chi connectivity index (χ4n) is 3.46. The average molecular weight is 347 g/mol. The Labute approximate surface area is 149 Å². The summed E-state index contributed by atoms with van der Waals surface area (Å²) in [6.45, 7) is 2.49. The molecule has 138 valence electrons. The molecule has 1 fully saturated rings. The van der Waals surface area contributed by atoms with E-state index < -0.39 is 12.1 Å². The van der Waals surface area contributed by atoms with Gasteiger partial charge in [-0.25, -0.2) is 4.79 Å². The van der Waals surface area contributed by atoms with E-state index in [1.165, 1.54) is 31.9 Å². The van der Waals surface area contributed by atoms with Gasteiger partial charge in [-0.15, -0.1) is 0 Å². The minimum absolute atomic E-state index is 0.0199. The molecule has 1 aromatic carbocycles. The van der Waals surface area contributed by atoms with Gasteiger partial charge < -0.3 is 15.4 Å². The van der Waals surface area contributed by atoms with Gasteiger partial charge in [0.15, 0.2) is 0 Å². The number of imide groups is 1. The SMILES string of the molecule is CNC(=O)NC(=O)C(C)NCC1(c2ccc(OC)cc2)CCCCC1. The summed E-state index contributed by atoms with van der Waals surface area (Å²) in [5.74, 6) is 0.529. The van der Waals surface area contributed by atoms with Crippen LogP contribution >= 0.6 is 0 Å². The molecular formula is C19H29N3O3. The number of amides is 3. The van der Waals surface area contributed by atoms with Crippen molar-refractivity contribution in [1.29, 1.82) is 0 Å². The molecular weight excluding hydrogens is 318 g/mol. The monoisotopic (exact) mass is 347 g/mol. The van der Waals surface area contributed by atoms with E-state index in [9.17, 15) is 9.59 Å². The van der Waals surface area contributed by atoms with Gasteiger partial charge in [-0.2, -0.15) is 0 Å². The second kappa shape index (κ2) is 8.85. The molecule has 3 amide bonds. The van der Waals surface area contributed by atoms with Crippen LogP contribution in [-0.2, 0) is 10.2 Å². The van der Waals surface area contributed by atoms with Crippen LogP contribution in [0.1, 0.15) is 44.6 Å². The quantitative estimate of drug-likeness (QED) is 0.738. The molecule has 0 saturated heterocycles. The Morgan fingerprint density at radius 2 is 1.80 bits per heavy atom. The third kappa shape index (κ3) is 4.95. The van der Waals surface area contributed by atoms with Gasteiger partial charge in [0.05, 0.1) is 13.2 Å². The van der Waals surface area contributed by atoms with Crippen LogP contribution in [0.4, 0.5) is 4.79 Å². The average Bonchev–Trinajstić information content (AvgIpc) is 2.66. The minimum Gasteiger partial charge on any atom is -0.497 e. The van der Waals surface area contributed by atoms with Crippen LogP contribution in [0.2, 0.25) is 0 Å². The van der Waals surface area contributed by atoms with Gasteiger partial charge in [0, 0.05) is 19.0 Å². The fraction of sp³-hybridized carbons (Fsp3) is 0.579. The highest BCUT2D eigenvalue weighted by Crippen LogP contribution is 2.39. The predicted octanol–water partition coefficient (Wildman–Crippen LogP) is 2.33. The molecule has 0 aromatic heterocycles. The van der Waals surface area contributed by atoms with Crippen molar-refractivity contribution in [2.45, 2.75) is 50.5 Å². The van der Waals surface area contributed by atoms with Crippen LogP contribution in [-0.4, -0.2) is 38.7 Å². The lowest BCUT2D eigenvalue weighted by Gasteiger charge is -2.39. The van der Waals surface area contributed by atoms with Crippen molar-refractivity contribution in [2.75, 3.05) is 20.7 Å². The van der Waals surface area contributed by atoms with Crippen LogP contribution in [0.3, 0.4) is 0 Å². The number of benzene rings is 1. The lowest BCUT2D eigenvalue weighted by Crippen LogP contribution is -2.51. The van der Waals surface area contributed by atoms with Gasteiger partial charge in [-0.1, -0.05) is 31.4 Å². The van der Waals surface area contributed by atoms with Gasteiger partial charge in [0.1, 0.15) is 5.75 Å². The van der Waals surface area contributed by atoms with Crippen LogP contribution in [0.25, 0.3) is 0 Å². The first kappa shape index (κ1) is 19.2. The van der Waals surface area contributed by atoms with Crippen molar-refractivity contribution < 1.29 is 14.3 Å². The summed E-state index contributed by atoms with van der Waals surface area (Å²) in [7, 11) is 3.15. The molecule has 3 N–H and O–H groups in total. The molecule has 6 nitrogen and oxygen atoms in total. The van der Waals surface area contributed by atoms with Crippen LogP contribution in [0, 0.1) is 0 Å². The Bertz CT molecular complexity index is 580. The number of ether oxygens (including phenoxy) is 1. The largest absolute Gasteiger partial charge is 0.497 e. The highest BCUT2D eigenvalue weighted by molar-refractivity contribution is 5.96. The van der Waals surface area contributed by atoms with E-state index in [0.29, 0.717) is 6.54 Å². The number of nitrogens with one attached hydrogen (secondary N) is 3. The lowest BCUT2D eigenvalue weighted by atomic mass is 9.69. The van der Waals surface area contributed by atoms with Crippen molar-refractivity contribution in [1.82, 2.24) is 16.0 Å². The van der Waals surface area contributed by atoms with Crippen LogP contribution in [0.5, 0.6) is 5.75 Å². The fourth-order valence-corrected chi connectivity index (χ4v) is 3.46. The molecule has 0 spiro atoms. The third-order valence-electron chi connectivity index (χ3n) is 5.12. The summed E-state index contributed by atoms with van der Waals surface area (Å²) in [4.78, 5) is 23.4. The van der Waals surface area contributed by atoms with Crippen LogP contribution < -0.4 is 20.7 Å². The highest BCUT2D eigenvalue weighted by atomic mass is 16.5. The molecule has 0 radical (unpaired) electrons. The molecule has 0 aliphatic heterocycles. The Kier molecular flexibility index (Phi) is 6.82. The van der Waals surface area contributed by atoms with Gasteiger partial charge in [-0.05, 0) is 37.5 Å². The number of carbonyl (C=O) groups excluding carboxylic acids is 2. The first-order valence-electron chi connectivity index (χ1n) is 8.91. The van der Waals surface area contributed by atoms with Gasteiger partial charge >= 0.3 is 6.03 Å². The van der Waals surface area contributed by atoms with E-state index >= 15 is 0 Å². The Morgan fingerprint density at radius 3 is 2.36 bits per heavy atom. The zero-order valence-electron chi connectivity index (χ0n) is 15.4. The van der Waals surface area contributed by atoms with Crippen molar-refractivity contribution in [3.05, 3.63) is 29.8 Å². The number of rotatable bonds is 6. The Morgan fingerprint density at radius 1 is 1.16 bits per heavy atom. The normalized spacial score (nSPS) is 17.4. The van der Waals surface area contributed by atoms with Crippen molar-refractivity contribution in [2.24, 2.45) is 0 Å². The van der Waals surface area contributed by atoms with Crippen LogP contribution in [0.15, 0.2) is 24.3 Å². The topological polar surface area (TPSA) is 79.5 Å². The second-order valence-corrected chi connectivity index (χ2v) is 6.74. The highest BCUT2D eigenvalue weighted by Gasteiger charge is 2.34. The molecule has 0 bridgehead atoms.